The Bertz CT molecular complexity index is 444. The van der Waals surface area contributed by atoms with E-state index in [-0.39, 0.29) is 29.0 Å². The molecule has 4 rings (SSSR count). The highest BCUT2D eigenvalue weighted by molar-refractivity contribution is 6.50. The summed E-state index contributed by atoms with van der Waals surface area (Å²) in [6.07, 6.45) is 2.31. The lowest BCUT2D eigenvalue weighted by Gasteiger charge is -2.74. The van der Waals surface area contributed by atoms with Crippen LogP contribution in [0.2, 0.25) is 5.31 Å². The van der Waals surface area contributed by atoms with Gasteiger partial charge in [0, 0.05) is 5.31 Å². The third-order valence-electron chi connectivity index (χ3n) is 6.69. The van der Waals surface area contributed by atoms with Crippen LogP contribution in [-0.2, 0) is 14.1 Å². The second-order valence-electron chi connectivity index (χ2n) is 8.71. The smallest absolute Gasteiger partial charge is 0.464 e. The molecule has 1 saturated heterocycles. The van der Waals surface area contributed by atoms with E-state index in [1.165, 1.54) is 0 Å². The maximum atomic E-state index is 11.3. The summed E-state index contributed by atoms with van der Waals surface area (Å²) in [6, 6.07) is 0. The van der Waals surface area contributed by atoms with Crippen LogP contribution in [0.5, 0.6) is 0 Å². The van der Waals surface area contributed by atoms with Gasteiger partial charge >= 0.3 is 13.1 Å². The fourth-order valence-corrected chi connectivity index (χ4v) is 4.09. The molecule has 3 aliphatic carbocycles. The van der Waals surface area contributed by atoms with E-state index in [0.717, 1.165) is 19.3 Å². The van der Waals surface area contributed by atoms with Gasteiger partial charge in [0.05, 0.1) is 16.6 Å². The van der Waals surface area contributed by atoms with Gasteiger partial charge in [-0.05, 0) is 52.4 Å². The standard InChI is InChI=1S/C15H25BO4/c1-11(2,15-7-14(8-15,9-15)10(17)18)16-19-12(3,4)13(5,6)20-16/h7-9H2,1-6H3,(H,17,18). The molecule has 2 bridgehead atoms. The molecule has 112 valence electrons. The first-order valence-electron chi connectivity index (χ1n) is 7.47. The van der Waals surface area contributed by atoms with Crippen LogP contribution in [0.4, 0.5) is 0 Å². The minimum absolute atomic E-state index is 0.0759. The van der Waals surface area contributed by atoms with Crippen LogP contribution in [0.1, 0.15) is 60.8 Å². The summed E-state index contributed by atoms with van der Waals surface area (Å²) < 4.78 is 12.4. The molecule has 1 N–H and O–H groups in total. The van der Waals surface area contributed by atoms with E-state index in [0.29, 0.717) is 0 Å². The van der Waals surface area contributed by atoms with Gasteiger partial charge in [0.1, 0.15) is 0 Å². The Labute approximate surface area is 121 Å². The van der Waals surface area contributed by atoms with Crippen LogP contribution in [0.15, 0.2) is 0 Å². The summed E-state index contributed by atoms with van der Waals surface area (Å²) >= 11 is 0. The predicted molar refractivity (Wildman–Crippen MR) is 76.5 cm³/mol. The highest BCUT2D eigenvalue weighted by atomic mass is 16.7. The zero-order valence-corrected chi connectivity index (χ0v) is 13.4. The Morgan fingerprint density at radius 2 is 1.45 bits per heavy atom. The van der Waals surface area contributed by atoms with Gasteiger partial charge in [-0.3, -0.25) is 4.79 Å². The lowest BCUT2D eigenvalue weighted by atomic mass is 9.24. The first-order chi connectivity index (χ1) is 8.88. The Morgan fingerprint density at radius 3 is 1.80 bits per heavy atom. The van der Waals surface area contributed by atoms with Crippen molar-refractivity contribution in [3.8, 4) is 0 Å². The Morgan fingerprint density at radius 1 is 1.05 bits per heavy atom. The molecular formula is C15H25BO4. The number of hydrogen-bond acceptors (Lipinski definition) is 3. The first-order valence-corrected chi connectivity index (χ1v) is 7.47. The van der Waals surface area contributed by atoms with Crippen molar-refractivity contribution >= 4 is 13.1 Å². The van der Waals surface area contributed by atoms with E-state index in [2.05, 4.69) is 41.5 Å². The molecule has 1 heterocycles. The molecule has 0 aromatic rings. The minimum atomic E-state index is -0.635. The Kier molecular flexibility index (Phi) is 2.47. The number of carbonyl (C=O) groups is 1. The second kappa shape index (κ2) is 3.44. The van der Waals surface area contributed by atoms with Crippen LogP contribution in [0.3, 0.4) is 0 Å². The van der Waals surface area contributed by atoms with Gasteiger partial charge in [0.25, 0.3) is 0 Å². The van der Waals surface area contributed by atoms with Crippen molar-refractivity contribution in [1.29, 1.82) is 0 Å². The molecule has 4 nitrogen and oxygen atoms in total. The average Bonchev–Trinajstić information content (AvgIpc) is 2.29. The van der Waals surface area contributed by atoms with Gasteiger partial charge < -0.3 is 14.4 Å². The quantitative estimate of drug-likeness (QED) is 0.807. The van der Waals surface area contributed by atoms with Gasteiger partial charge in [-0.2, -0.15) is 0 Å². The molecular weight excluding hydrogens is 255 g/mol. The lowest BCUT2D eigenvalue weighted by molar-refractivity contribution is -0.237. The maximum absolute atomic E-state index is 11.3. The summed E-state index contributed by atoms with van der Waals surface area (Å²) in [6.45, 7) is 12.6. The molecule has 3 saturated carbocycles. The number of carboxylic acid groups (broad SMARTS) is 1. The zero-order valence-electron chi connectivity index (χ0n) is 13.4. The molecule has 20 heavy (non-hydrogen) atoms. The molecule has 0 amide bonds. The highest BCUT2D eigenvalue weighted by Gasteiger charge is 2.79. The number of rotatable bonds is 3. The largest absolute Gasteiger partial charge is 0.481 e. The number of hydrogen-bond donors (Lipinski definition) is 1. The summed E-state index contributed by atoms with van der Waals surface area (Å²) in [5.74, 6) is -0.635. The third kappa shape index (κ3) is 1.43. The highest BCUT2D eigenvalue weighted by Crippen LogP contribution is 2.82. The summed E-state index contributed by atoms with van der Waals surface area (Å²) in [5.41, 5.74) is -1.03. The second-order valence-corrected chi connectivity index (χ2v) is 8.71. The van der Waals surface area contributed by atoms with Gasteiger partial charge in [0.15, 0.2) is 0 Å². The molecule has 0 aromatic heterocycles. The lowest BCUT2D eigenvalue weighted by Crippen LogP contribution is -2.71. The fourth-order valence-electron chi connectivity index (χ4n) is 4.09. The van der Waals surface area contributed by atoms with E-state index in [9.17, 15) is 9.90 Å². The van der Waals surface area contributed by atoms with Gasteiger partial charge in [-0.15, -0.1) is 0 Å². The van der Waals surface area contributed by atoms with Gasteiger partial charge in [-0.1, -0.05) is 13.8 Å². The topological polar surface area (TPSA) is 55.8 Å². The third-order valence-corrected chi connectivity index (χ3v) is 6.69. The van der Waals surface area contributed by atoms with E-state index < -0.39 is 11.4 Å². The van der Waals surface area contributed by atoms with Gasteiger partial charge in [0.2, 0.25) is 0 Å². The molecule has 0 aromatic carbocycles. The molecule has 0 unspecified atom stereocenters. The molecule has 0 spiro atoms. The van der Waals surface area contributed by atoms with Crippen molar-refractivity contribution in [2.75, 3.05) is 0 Å². The normalized spacial score (nSPS) is 41.0. The SMILES string of the molecule is CC1(C)OB(C(C)(C)C23CC(C(=O)O)(C2)C3)OC1(C)C. The van der Waals surface area contributed by atoms with E-state index in [4.69, 9.17) is 9.31 Å². The van der Waals surface area contributed by atoms with Crippen LogP contribution in [-0.4, -0.2) is 29.4 Å². The molecule has 4 fully saturated rings. The average molecular weight is 280 g/mol. The predicted octanol–water partition coefficient (Wildman–Crippen LogP) is 3.11. The summed E-state index contributed by atoms with van der Waals surface area (Å²) in [5, 5.41) is 9.12. The van der Waals surface area contributed by atoms with Crippen LogP contribution < -0.4 is 0 Å². The summed E-state index contributed by atoms with van der Waals surface area (Å²) in [7, 11) is -0.264. The van der Waals surface area contributed by atoms with Crippen molar-refractivity contribution < 1.29 is 19.2 Å². The van der Waals surface area contributed by atoms with E-state index >= 15 is 0 Å². The molecule has 0 atom stereocenters. The Balaban J connectivity index is 1.78. The monoisotopic (exact) mass is 280 g/mol. The van der Waals surface area contributed by atoms with Crippen LogP contribution >= 0.6 is 0 Å². The van der Waals surface area contributed by atoms with E-state index in [1.807, 2.05) is 0 Å². The maximum Gasteiger partial charge on any atom is 0.464 e. The molecule has 0 radical (unpaired) electrons. The van der Waals surface area contributed by atoms with Crippen LogP contribution in [0, 0.1) is 10.8 Å². The Hall–Kier alpha value is -0.545. The molecule has 4 aliphatic rings. The van der Waals surface area contributed by atoms with Gasteiger partial charge in [-0.25, -0.2) is 0 Å². The fraction of sp³-hybridized carbons (Fsp3) is 0.933. The van der Waals surface area contributed by atoms with Crippen LogP contribution in [0.25, 0.3) is 0 Å². The minimum Gasteiger partial charge on any atom is -0.481 e. The summed E-state index contributed by atoms with van der Waals surface area (Å²) in [4.78, 5) is 11.3. The number of carboxylic acids is 1. The first kappa shape index (κ1) is 14.4. The van der Waals surface area contributed by atoms with Crippen molar-refractivity contribution in [3.05, 3.63) is 0 Å². The molecule has 1 aliphatic heterocycles. The number of aliphatic carboxylic acids is 1. The van der Waals surface area contributed by atoms with E-state index in [1.54, 1.807) is 0 Å². The van der Waals surface area contributed by atoms with Crippen molar-refractivity contribution in [2.45, 2.75) is 77.3 Å². The zero-order chi connectivity index (χ0) is 15.2. The van der Waals surface area contributed by atoms with Crippen molar-refractivity contribution in [1.82, 2.24) is 0 Å². The van der Waals surface area contributed by atoms with Crippen molar-refractivity contribution in [2.24, 2.45) is 10.8 Å². The van der Waals surface area contributed by atoms with Crippen molar-refractivity contribution in [3.63, 3.8) is 0 Å². The molecule has 5 heteroatoms.